The van der Waals surface area contributed by atoms with Gasteiger partial charge in [-0.1, -0.05) is 37.3 Å². The zero-order chi connectivity index (χ0) is 19.2. The lowest BCUT2D eigenvalue weighted by Gasteiger charge is -2.22. The highest BCUT2D eigenvalue weighted by molar-refractivity contribution is 5.67. The molecule has 0 aliphatic heterocycles. The number of anilines is 1. The van der Waals surface area contributed by atoms with Gasteiger partial charge in [-0.15, -0.1) is 0 Å². The van der Waals surface area contributed by atoms with E-state index in [0.29, 0.717) is 6.54 Å². The van der Waals surface area contributed by atoms with Crippen LogP contribution in [0.4, 0.5) is 10.5 Å². The number of carbonyl (C=O) groups excluding carboxylic acids is 1. The Balaban J connectivity index is 2.04. The standard InChI is InChI=1S/C20H30N4O2/c1-6-16-18(14-24(5)23-16)22-17(15-10-8-7-9-11-15)12-13-21-19(25)26-20(2,3)4/h7-11,14,17,22H,6,12-13H2,1-5H3,(H,21,25). The normalized spacial score (nSPS) is 12.5. The summed E-state index contributed by atoms with van der Waals surface area (Å²) in [6.45, 7) is 8.18. The molecule has 0 aliphatic carbocycles. The first kappa shape index (κ1) is 19.8. The maximum Gasteiger partial charge on any atom is 0.407 e. The SMILES string of the molecule is CCc1nn(C)cc1NC(CCNC(=O)OC(C)(C)C)c1ccccc1. The second kappa shape index (κ2) is 8.74. The second-order valence-electron chi connectivity index (χ2n) is 7.34. The number of nitrogens with zero attached hydrogens (tertiary/aromatic N) is 2. The van der Waals surface area contributed by atoms with Crippen molar-refractivity contribution in [3.8, 4) is 0 Å². The first-order chi connectivity index (χ1) is 12.3. The van der Waals surface area contributed by atoms with Crippen LogP contribution in [0.1, 0.15) is 51.4 Å². The molecule has 142 valence electrons. The maximum absolute atomic E-state index is 11.9. The molecule has 1 aromatic carbocycles. The topological polar surface area (TPSA) is 68.2 Å². The Kier molecular flexibility index (Phi) is 6.66. The third-order valence-corrected chi connectivity index (χ3v) is 3.87. The lowest BCUT2D eigenvalue weighted by atomic mass is 10.0. The molecule has 0 saturated heterocycles. The van der Waals surface area contributed by atoms with E-state index in [1.54, 1.807) is 0 Å². The number of aromatic nitrogens is 2. The summed E-state index contributed by atoms with van der Waals surface area (Å²) in [7, 11) is 1.92. The van der Waals surface area contributed by atoms with Crippen LogP contribution in [0.25, 0.3) is 0 Å². The molecule has 0 spiro atoms. The maximum atomic E-state index is 11.9. The Bertz CT molecular complexity index is 704. The number of hydrogen-bond acceptors (Lipinski definition) is 4. The van der Waals surface area contributed by atoms with E-state index in [-0.39, 0.29) is 12.1 Å². The summed E-state index contributed by atoms with van der Waals surface area (Å²) < 4.78 is 7.12. The Hall–Kier alpha value is -2.50. The molecule has 0 aliphatic rings. The van der Waals surface area contributed by atoms with Crippen molar-refractivity contribution in [1.82, 2.24) is 15.1 Å². The lowest BCUT2D eigenvalue weighted by molar-refractivity contribution is 0.0526. The quantitative estimate of drug-likeness (QED) is 0.783. The Morgan fingerprint density at radius 2 is 1.96 bits per heavy atom. The van der Waals surface area contributed by atoms with Gasteiger partial charge in [0.15, 0.2) is 0 Å². The summed E-state index contributed by atoms with van der Waals surface area (Å²) in [6.07, 6.45) is 3.21. The van der Waals surface area contributed by atoms with Gasteiger partial charge in [-0.2, -0.15) is 5.10 Å². The van der Waals surface area contributed by atoms with E-state index in [1.807, 2.05) is 56.9 Å². The minimum Gasteiger partial charge on any atom is -0.444 e. The zero-order valence-corrected chi connectivity index (χ0v) is 16.4. The van der Waals surface area contributed by atoms with Crippen LogP contribution in [0.2, 0.25) is 0 Å². The fourth-order valence-corrected chi connectivity index (χ4v) is 2.74. The molecular weight excluding hydrogens is 328 g/mol. The van der Waals surface area contributed by atoms with Crippen molar-refractivity contribution in [2.24, 2.45) is 7.05 Å². The largest absolute Gasteiger partial charge is 0.444 e. The third-order valence-electron chi connectivity index (χ3n) is 3.87. The number of hydrogen-bond donors (Lipinski definition) is 2. The number of benzene rings is 1. The van der Waals surface area contributed by atoms with Gasteiger partial charge in [0.25, 0.3) is 0 Å². The van der Waals surface area contributed by atoms with E-state index < -0.39 is 5.60 Å². The van der Waals surface area contributed by atoms with Gasteiger partial charge in [-0.05, 0) is 39.2 Å². The van der Waals surface area contributed by atoms with Crippen LogP contribution in [0.15, 0.2) is 36.5 Å². The minimum atomic E-state index is -0.493. The van der Waals surface area contributed by atoms with Crippen molar-refractivity contribution in [1.29, 1.82) is 0 Å². The monoisotopic (exact) mass is 358 g/mol. The van der Waals surface area contributed by atoms with E-state index in [2.05, 4.69) is 34.8 Å². The van der Waals surface area contributed by atoms with Gasteiger partial charge in [-0.25, -0.2) is 4.79 Å². The molecule has 0 saturated carbocycles. The fraction of sp³-hybridized carbons (Fsp3) is 0.500. The molecule has 1 atom stereocenters. The molecule has 1 amide bonds. The van der Waals surface area contributed by atoms with Gasteiger partial charge >= 0.3 is 6.09 Å². The highest BCUT2D eigenvalue weighted by Gasteiger charge is 2.18. The summed E-state index contributed by atoms with van der Waals surface area (Å²) in [5.41, 5.74) is 2.74. The number of rotatable bonds is 7. The number of aryl methyl sites for hydroxylation is 2. The molecule has 0 fully saturated rings. The van der Waals surface area contributed by atoms with Crippen molar-refractivity contribution < 1.29 is 9.53 Å². The number of ether oxygens (including phenoxy) is 1. The van der Waals surface area contributed by atoms with Crippen molar-refractivity contribution >= 4 is 11.8 Å². The van der Waals surface area contributed by atoms with Crippen LogP contribution in [0.3, 0.4) is 0 Å². The van der Waals surface area contributed by atoms with Gasteiger partial charge in [0.1, 0.15) is 5.60 Å². The average Bonchev–Trinajstić information content (AvgIpc) is 2.92. The van der Waals surface area contributed by atoms with Gasteiger partial charge in [0.2, 0.25) is 0 Å². The molecule has 6 heteroatoms. The Labute approximate surface area is 155 Å². The molecule has 0 radical (unpaired) electrons. The van der Waals surface area contributed by atoms with E-state index in [1.165, 1.54) is 5.56 Å². The number of amides is 1. The van der Waals surface area contributed by atoms with Crippen molar-refractivity contribution in [2.75, 3.05) is 11.9 Å². The van der Waals surface area contributed by atoms with E-state index in [9.17, 15) is 4.79 Å². The molecule has 2 rings (SSSR count). The first-order valence-corrected chi connectivity index (χ1v) is 9.09. The molecule has 1 aromatic heterocycles. The van der Waals surface area contributed by atoms with Crippen LogP contribution < -0.4 is 10.6 Å². The Morgan fingerprint density at radius 1 is 1.27 bits per heavy atom. The van der Waals surface area contributed by atoms with Gasteiger partial charge in [0.05, 0.1) is 17.4 Å². The van der Waals surface area contributed by atoms with E-state index in [0.717, 1.165) is 24.2 Å². The van der Waals surface area contributed by atoms with Crippen LogP contribution in [-0.4, -0.2) is 28.0 Å². The van der Waals surface area contributed by atoms with Crippen molar-refractivity contribution in [3.05, 3.63) is 47.8 Å². The second-order valence-corrected chi connectivity index (χ2v) is 7.34. The predicted molar refractivity (Wildman–Crippen MR) is 104 cm³/mol. The summed E-state index contributed by atoms with van der Waals surface area (Å²) in [6, 6.07) is 10.3. The fourth-order valence-electron chi connectivity index (χ4n) is 2.74. The smallest absolute Gasteiger partial charge is 0.407 e. The van der Waals surface area contributed by atoms with Gasteiger partial charge in [0, 0.05) is 19.8 Å². The summed E-state index contributed by atoms with van der Waals surface area (Å²) in [5, 5.41) is 10.9. The van der Waals surface area contributed by atoms with Crippen LogP contribution in [-0.2, 0) is 18.2 Å². The lowest BCUT2D eigenvalue weighted by Crippen LogP contribution is -2.33. The number of nitrogens with one attached hydrogen (secondary N) is 2. The number of alkyl carbamates (subject to hydrolysis) is 1. The average molecular weight is 358 g/mol. The highest BCUT2D eigenvalue weighted by Crippen LogP contribution is 2.24. The van der Waals surface area contributed by atoms with E-state index >= 15 is 0 Å². The molecule has 2 N–H and O–H groups in total. The molecular formula is C20H30N4O2. The van der Waals surface area contributed by atoms with Gasteiger partial charge < -0.3 is 15.4 Å². The zero-order valence-electron chi connectivity index (χ0n) is 16.4. The summed E-state index contributed by atoms with van der Waals surface area (Å²) >= 11 is 0. The van der Waals surface area contributed by atoms with Crippen LogP contribution in [0, 0.1) is 0 Å². The van der Waals surface area contributed by atoms with Crippen molar-refractivity contribution in [3.63, 3.8) is 0 Å². The molecule has 0 bridgehead atoms. The van der Waals surface area contributed by atoms with Crippen LogP contribution >= 0.6 is 0 Å². The minimum absolute atomic E-state index is 0.0700. The molecule has 1 heterocycles. The first-order valence-electron chi connectivity index (χ1n) is 9.09. The van der Waals surface area contributed by atoms with Crippen LogP contribution in [0.5, 0.6) is 0 Å². The summed E-state index contributed by atoms with van der Waals surface area (Å²) in [5.74, 6) is 0. The summed E-state index contributed by atoms with van der Waals surface area (Å²) in [4.78, 5) is 11.9. The molecule has 6 nitrogen and oxygen atoms in total. The van der Waals surface area contributed by atoms with Crippen molar-refractivity contribution in [2.45, 2.75) is 52.2 Å². The van der Waals surface area contributed by atoms with Gasteiger partial charge in [-0.3, -0.25) is 4.68 Å². The number of carbonyl (C=O) groups is 1. The Morgan fingerprint density at radius 3 is 2.58 bits per heavy atom. The highest BCUT2D eigenvalue weighted by atomic mass is 16.6. The third kappa shape index (κ3) is 6.10. The molecule has 2 aromatic rings. The molecule has 26 heavy (non-hydrogen) atoms. The predicted octanol–water partition coefficient (Wildman–Crippen LogP) is 4.05. The van der Waals surface area contributed by atoms with E-state index in [4.69, 9.17) is 4.74 Å². The molecule has 1 unspecified atom stereocenters.